The second kappa shape index (κ2) is 8.99. The van der Waals surface area contributed by atoms with Gasteiger partial charge in [-0.25, -0.2) is 0 Å². The molecule has 1 aliphatic heterocycles. The molecule has 1 fully saturated rings. The fourth-order valence-electron chi connectivity index (χ4n) is 2.04. The second-order valence-corrected chi connectivity index (χ2v) is 5.68. The van der Waals surface area contributed by atoms with Gasteiger partial charge < -0.3 is 21.1 Å². The van der Waals surface area contributed by atoms with Crippen LogP contribution in [0, 0.1) is 0 Å². The molecule has 21 heavy (non-hydrogen) atoms. The molecule has 2 amide bonds. The Hall–Kier alpha value is -1.15. The van der Waals surface area contributed by atoms with Gasteiger partial charge in [-0.15, -0.1) is 23.7 Å². The van der Waals surface area contributed by atoms with Crippen LogP contribution in [0.25, 0.3) is 0 Å². The Balaban J connectivity index is 0.00000220. The van der Waals surface area contributed by atoms with Crippen molar-refractivity contribution in [3.8, 4) is 0 Å². The summed E-state index contributed by atoms with van der Waals surface area (Å²) in [4.78, 5) is 24.0. The van der Waals surface area contributed by atoms with Crippen molar-refractivity contribution >= 4 is 35.6 Å². The molecule has 4 N–H and O–H groups in total. The van der Waals surface area contributed by atoms with E-state index in [9.17, 15) is 14.7 Å². The van der Waals surface area contributed by atoms with Gasteiger partial charge in [-0.2, -0.15) is 0 Å². The molecule has 2 atom stereocenters. The Morgan fingerprint density at radius 1 is 1.38 bits per heavy atom. The number of β-amino-alcohol motifs (C(OH)–C–C–N with tert-alkyl or cyclic N) is 1. The minimum Gasteiger partial charge on any atom is -0.392 e. The van der Waals surface area contributed by atoms with E-state index in [1.807, 2.05) is 11.4 Å². The Morgan fingerprint density at radius 3 is 2.76 bits per heavy atom. The van der Waals surface area contributed by atoms with Gasteiger partial charge in [-0.1, -0.05) is 6.07 Å². The molecule has 2 rings (SSSR count). The molecule has 0 aliphatic carbocycles. The molecular weight excluding hydrogens is 314 g/mol. The summed E-state index contributed by atoms with van der Waals surface area (Å²) < 4.78 is 0. The molecule has 118 valence electrons. The summed E-state index contributed by atoms with van der Waals surface area (Å²) >= 11 is 1.40. The number of hydrogen-bond acceptors (Lipinski definition) is 5. The predicted octanol–water partition coefficient (Wildman–Crippen LogP) is 0.129. The van der Waals surface area contributed by atoms with Gasteiger partial charge in [-0.05, 0) is 24.3 Å². The second-order valence-electron chi connectivity index (χ2n) is 4.73. The van der Waals surface area contributed by atoms with Gasteiger partial charge in [0.2, 0.25) is 5.91 Å². The normalized spacial score (nSPS) is 20.6. The molecule has 1 aromatic rings. The summed E-state index contributed by atoms with van der Waals surface area (Å²) in [6.07, 6.45) is 0.704. The maximum absolute atomic E-state index is 11.7. The topological polar surface area (TPSA) is 90.5 Å². The lowest BCUT2D eigenvalue weighted by atomic mass is 10.2. The van der Waals surface area contributed by atoms with Crippen LogP contribution in [0.15, 0.2) is 17.5 Å². The van der Waals surface area contributed by atoms with Gasteiger partial charge in [0.1, 0.15) is 0 Å². The molecule has 8 heteroatoms. The average Bonchev–Trinajstić information content (AvgIpc) is 3.08. The quantitative estimate of drug-likeness (QED) is 0.557. The first-order chi connectivity index (χ1) is 9.66. The van der Waals surface area contributed by atoms with Crippen molar-refractivity contribution in [1.82, 2.24) is 16.0 Å². The van der Waals surface area contributed by atoms with Crippen molar-refractivity contribution in [2.24, 2.45) is 0 Å². The Bertz CT molecular complexity index is 456. The molecule has 6 nitrogen and oxygen atoms in total. The van der Waals surface area contributed by atoms with Crippen LogP contribution in [0.5, 0.6) is 0 Å². The van der Waals surface area contributed by atoms with Crippen LogP contribution < -0.4 is 16.0 Å². The van der Waals surface area contributed by atoms with Crippen LogP contribution in [0.3, 0.4) is 0 Å². The SMILES string of the molecule is Cl.O=C(NCCCNC(=O)C1CC(O)CN1)c1cccs1. The van der Waals surface area contributed by atoms with E-state index < -0.39 is 6.10 Å². The van der Waals surface area contributed by atoms with Crippen LogP contribution >= 0.6 is 23.7 Å². The third kappa shape index (κ3) is 5.62. The summed E-state index contributed by atoms with van der Waals surface area (Å²) in [5.41, 5.74) is 0. The average molecular weight is 334 g/mol. The number of aliphatic hydroxyl groups is 1. The van der Waals surface area contributed by atoms with Crippen LogP contribution in [0.1, 0.15) is 22.5 Å². The van der Waals surface area contributed by atoms with Crippen molar-refractivity contribution in [3.63, 3.8) is 0 Å². The van der Waals surface area contributed by atoms with Crippen molar-refractivity contribution in [2.75, 3.05) is 19.6 Å². The van der Waals surface area contributed by atoms with Crippen molar-refractivity contribution in [3.05, 3.63) is 22.4 Å². The zero-order valence-corrected chi connectivity index (χ0v) is 13.1. The number of amides is 2. The first kappa shape index (κ1) is 17.9. The van der Waals surface area contributed by atoms with Gasteiger partial charge in [0.15, 0.2) is 0 Å². The van der Waals surface area contributed by atoms with Gasteiger partial charge in [0.05, 0.1) is 17.0 Å². The van der Waals surface area contributed by atoms with E-state index in [1.165, 1.54) is 11.3 Å². The zero-order chi connectivity index (χ0) is 14.4. The van der Waals surface area contributed by atoms with E-state index in [-0.39, 0.29) is 30.3 Å². The number of thiophene rings is 1. The van der Waals surface area contributed by atoms with Gasteiger partial charge >= 0.3 is 0 Å². The molecule has 0 spiro atoms. The number of halogens is 1. The lowest BCUT2D eigenvalue weighted by molar-refractivity contribution is -0.122. The molecule has 1 aliphatic rings. The molecule has 2 unspecified atom stereocenters. The van der Waals surface area contributed by atoms with E-state index >= 15 is 0 Å². The summed E-state index contributed by atoms with van der Waals surface area (Å²) in [6, 6.07) is 3.31. The lowest BCUT2D eigenvalue weighted by Gasteiger charge is -2.11. The first-order valence-corrected chi connectivity index (χ1v) is 7.55. The standard InChI is InChI=1S/C13H19N3O3S.ClH/c17-9-7-10(16-8-9)12(18)14-4-2-5-15-13(19)11-3-1-6-20-11;/h1,3,6,9-10,16-17H,2,4-5,7-8H2,(H,14,18)(H,15,19);1H. The van der Waals surface area contributed by atoms with E-state index in [1.54, 1.807) is 6.07 Å². The fraction of sp³-hybridized carbons (Fsp3) is 0.538. The van der Waals surface area contributed by atoms with E-state index in [4.69, 9.17) is 0 Å². The maximum Gasteiger partial charge on any atom is 0.261 e. The van der Waals surface area contributed by atoms with E-state index in [0.717, 1.165) is 0 Å². The Labute approximate surface area is 133 Å². The van der Waals surface area contributed by atoms with E-state index in [0.29, 0.717) is 37.4 Å². The summed E-state index contributed by atoms with van der Waals surface area (Å²) in [5, 5.41) is 19.7. The van der Waals surface area contributed by atoms with Gasteiger partial charge in [0, 0.05) is 19.6 Å². The highest BCUT2D eigenvalue weighted by Crippen LogP contribution is 2.07. The molecule has 1 aromatic heterocycles. The number of hydrogen-bond donors (Lipinski definition) is 4. The zero-order valence-electron chi connectivity index (χ0n) is 11.5. The summed E-state index contributed by atoms with van der Waals surface area (Å²) in [5.74, 6) is -0.168. The van der Waals surface area contributed by atoms with Gasteiger partial charge in [0.25, 0.3) is 5.91 Å². The number of carbonyl (C=O) groups excluding carboxylic acids is 2. The number of nitrogens with one attached hydrogen (secondary N) is 3. The summed E-state index contributed by atoms with van der Waals surface area (Å²) in [6.45, 7) is 1.50. The van der Waals surface area contributed by atoms with Gasteiger partial charge in [-0.3, -0.25) is 9.59 Å². The largest absolute Gasteiger partial charge is 0.392 e. The molecule has 2 heterocycles. The molecular formula is C13H20ClN3O3S. The molecule has 0 aromatic carbocycles. The third-order valence-electron chi connectivity index (χ3n) is 3.11. The van der Waals surface area contributed by atoms with Crippen molar-refractivity contribution in [2.45, 2.75) is 25.0 Å². The molecule has 0 saturated carbocycles. The fourth-order valence-corrected chi connectivity index (χ4v) is 2.68. The predicted molar refractivity (Wildman–Crippen MR) is 83.9 cm³/mol. The highest BCUT2D eigenvalue weighted by atomic mass is 35.5. The van der Waals surface area contributed by atoms with Crippen LogP contribution in [-0.4, -0.2) is 48.7 Å². The van der Waals surface area contributed by atoms with Crippen LogP contribution in [0.2, 0.25) is 0 Å². The van der Waals surface area contributed by atoms with E-state index in [2.05, 4.69) is 16.0 Å². The minimum atomic E-state index is -0.434. The van der Waals surface area contributed by atoms with Crippen molar-refractivity contribution in [1.29, 1.82) is 0 Å². The minimum absolute atomic E-state index is 0. The number of carbonyl (C=O) groups is 2. The Morgan fingerprint density at radius 2 is 2.14 bits per heavy atom. The molecule has 0 bridgehead atoms. The van der Waals surface area contributed by atoms with Crippen LogP contribution in [-0.2, 0) is 4.79 Å². The number of rotatable bonds is 6. The Kier molecular flexibility index (Phi) is 7.66. The highest BCUT2D eigenvalue weighted by Gasteiger charge is 2.27. The number of aliphatic hydroxyl groups excluding tert-OH is 1. The van der Waals surface area contributed by atoms with Crippen LogP contribution in [0.4, 0.5) is 0 Å². The summed E-state index contributed by atoms with van der Waals surface area (Å²) in [7, 11) is 0. The smallest absolute Gasteiger partial charge is 0.261 e. The highest BCUT2D eigenvalue weighted by molar-refractivity contribution is 7.12. The molecule has 0 radical (unpaired) electrons. The monoisotopic (exact) mass is 333 g/mol. The third-order valence-corrected chi connectivity index (χ3v) is 3.98. The van der Waals surface area contributed by atoms with Crippen molar-refractivity contribution < 1.29 is 14.7 Å². The molecule has 1 saturated heterocycles. The maximum atomic E-state index is 11.7. The lowest BCUT2D eigenvalue weighted by Crippen LogP contribution is -2.41. The first-order valence-electron chi connectivity index (χ1n) is 6.67.